The lowest BCUT2D eigenvalue weighted by atomic mass is 9.96. The molecule has 1 fully saturated rings. The number of nitrogens with zero attached hydrogens (tertiary/aromatic N) is 1. The van der Waals surface area contributed by atoms with Crippen LogP contribution in [-0.2, 0) is 16.0 Å². The second-order valence-electron chi connectivity index (χ2n) is 4.80. The lowest BCUT2D eigenvalue weighted by molar-refractivity contribution is -0.145. The minimum Gasteiger partial charge on any atom is -0.481 e. The van der Waals surface area contributed by atoms with E-state index in [0.717, 1.165) is 5.56 Å². The largest absolute Gasteiger partial charge is 0.481 e. The number of likely N-dealkylation sites (tertiary alicyclic amines) is 1. The molecule has 5 heteroatoms. The Balaban J connectivity index is 1.90. The highest BCUT2D eigenvalue weighted by Crippen LogP contribution is 2.19. The number of hydrogen-bond donors (Lipinski definition) is 1. The van der Waals surface area contributed by atoms with Gasteiger partial charge in [0.2, 0.25) is 5.91 Å². The van der Waals surface area contributed by atoms with Crippen LogP contribution >= 0.6 is 11.6 Å². The molecule has 1 heterocycles. The summed E-state index contributed by atoms with van der Waals surface area (Å²) >= 11 is 5.88. The first-order valence-corrected chi connectivity index (χ1v) is 6.69. The summed E-state index contributed by atoms with van der Waals surface area (Å²) in [5.74, 6) is -1.04. The first kappa shape index (κ1) is 13.9. The summed E-state index contributed by atoms with van der Waals surface area (Å²) in [6.45, 7) is 1.05. The Labute approximate surface area is 117 Å². The molecular formula is C14H16ClNO3. The van der Waals surface area contributed by atoms with E-state index < -0.39 is 5.97 Å². The van der Waals surface area contributed by atoms with Crippen molar-refractivity contribution in [3.63, 3.8) is 0 Å². The summed E-state index contributed by atoms with van der Waals surface area (Å²) in [6.07, 6.45) is 1.39. The summed E-state index contributed by atoms with van der Waals surface area (Å²) in [5.41, 5.74) is 0.887. The van der Waals surface area contributed by atoms with E-state index in [1.54, 1.807) is 17.0 Å². The lowest BCUT2D eigenvalue weighted by Gasteiger charge is -2.30. The second-order valence-corrected chi connectivity index (χ2v) is 5.24. The summed E-state index contributed by atoms with van der Waals surface area (Å²) in [5, 5.41) is 9.53. The molecule has 19 heavy (non-hydrogen) atoms. The maximum Gasteiger partial charge on any atom is 0.306 e. The minimum absolute atomic E-state index is 0.0334. The van der Waals surface area contributed by atoms with Gasteiger partial charge < -0.3 is 10.0 Å². The van der Waals surface area contributed by atoms with Crippen molar-refractivity contribution >= 4 is 23.5 Å². The Hall–Kier alpha value is -1.55. The van der Waals surface area contributed by atoms with Crippen molar-refractivity contribution in [3.05, 3.63) is 34.9 Å². The van der Waals surface area contributed by atoms with E-state index in [1.165, 1.54) is 0 Å². The highest BCUT2D eigenvalue weighted by atomic mass is 35.5. The normalized spacial score (nSPS) is 16.4. The number of carbonyl (C=O) groups excluding carboxylic acids is 1. The van der Waals surface area contributed by atoms with E-state index in [4.69, 9.17) is 16.7 Å². The number of piperidine rings is 1. The van der Waals surface area contributed by atoms with Gasteiger partial charge >= 0.3 is 5.97 Å². The van der Waals surface area contributed by atoms with Gasteiger partial charge in [0.1, 0.15) is 0 Å². The number of benzene rings is 1. The summed E-state index contributed by atoms with van der Waals surface area (Å²) in [4.78, 5) is 24.7. The van der Waals surface area contributed by atoms with Crippen LogP contribution in [0, 0.1) is 5.92 Å². The van der Waals surface area contributed by atoms with Gasteiger partial charge in [-0.25, -0.2) is 0 Å². The molecule has 0 saturated carbocycles. The third-order valence-electron chi connectivity index (χ3n) is 3.44. The molecule has 0 radical (unpaired) electrons. The Morgan fingerprint density at radius 1 is 1.32 bits per heavy atom. The third-order valence-corrected chi connectivity index (χ3v) is 3.68. The van der Waals surface area contributed by atoms with Crippen LogP contribution in [-0.4, -0.2) is 35.0 Å². The zero-order valence-corrected chi connectivity index (χ0v) is 11.3. The quantitative estimate of drug-likeness (QED) is 0.924. The molecule has 0 bridgehead atoms. The molecule has 0 aromatic heterocycles. The van der Waals surface area contributed by atoms with E-state index in [2.05, 4.69) is 0 Å². The van der Waals surface area contributed by atoms with E-state index in [9.17, 15) is 9.59 Å². The zero-order chi connectivity index (χ0) is 13.8. The van der Waals surface area contributed by atoms with Crippen molar-refractivity contribution in [2.45, 2.75) is 19.3 Å². The molecule has 1 N–H and O–H groups in total. The molecule has 0 atom stereocenters. The van der Waals surface area contributed by atoms with Gasteiger partial charge in [-0.2, -0.15) is 0 Å². The van der Waals surface area contributed by atoms with Gasteiger partial charge in [0.05, 0.1) is 12.3 Å². The van der Waals surface area contributed by atoms with Gasteiger partial charge in [-0.05, 0) is 30.5 Å². The SMILES string of the molecule is O=C(O)C1CCN(C(=O)Cc2cccc(Cl)c2)CC1. The fourth-order valence-electron chi connectivity index (χ4n) is 2.31. The van der Waals surface area contributed by atoms with Crippen LogP contribution in [0.25, 0.3) is 0 Å². The third kappa shape index (κ3) is 3.70. The van der Waals surface area contributed by atoms with Gasteiger partial charge in [0.25, 0.3) is 0 Å². The van der Waals surface area contributed by atoms with Crippen LogP contribution in [0.2, 0.25) is 5.02 Å². The molecule has 1 aromatic carbocycles. The zero-order valence-electron chi connectivity index (χ0n) is 10.5. The standard InChI is InChI=1S/C14H16ClNO3/c15-12-3-1-2-10(8-12)9-13(17)16-6-4-11(5-7-16)14(18)19/h1-3,8,11H,4-7,9H2,(H,18,19). The first-order valence-electron chi connectivity index (χ1n) is 6.31. The molecule has 0 unspecified atom stereocenters. The molecule has 1 aliphatic heterocycles. The number of aliphatic carboxylic acids is 1. The Kier molecular flexibility index (Phi) is 4.43. The van der Waals surface area contributed by atoms with Crippen molar-refractivity contribution in [3.8, 4) is 0 Å². The highest BCUT2D eigenvalue weighted by molar-refractivity contribution is 6.30. The Morgan fingerprint density at radius 2 is 2.00 bits per heavy atom. The van der Waals surface area contributed by atoms with Crippen molar-refractivity contribution in [2.24, 2.45) is 5.92 Å². The molecule has 1 aliphatic rings. The lowest BCUT2D eigenvalue weighted by Crippen LogP contribution is -2.40. The average molecular weight is 282 g/mol. The maximum atomic E-state index is 12.1. The van der Waals surface area contributed by atoms with Crippen molar-refractivity contribution in [2.75, 3.05) is 13.1 Å². The average Bonchev–Trinajstić information content (AvgIpc) is 2.39. The number of hydrogen-bond acceptors (Lipinski definition) is 2. The summed E-state index contributed by atoms with van der Waals surface area (Å²) in [6, 6.07) is 7.24. The van der Waals surface area contributed by atoms with Crippen LogP contribution < -0.4 is 0 Å². The number of carboxylic acids is 1. The molecule has 4 nitrogen and oxygen atoms in total. The van der Waals surface area contributed by atoms with Gasteiger partial charge in [-0.1, -0.05) is 23.7 Å². The maximum absolute atomic E-state index is 12.1. The molecule has 1 saturated heterocycles. The van der Waals surface area contributed by atoms with Gasteiger partial charge in [-0.3, -0.25) is 9.59 Å². The number of carboxylic acid groups (broad SMARTS) is 1. The first-order chi connectivity index (χ1) is 9.06. The number of carbonyl (C=O) groups is 2. The van der Waals surface area contributed by atoms with Crippen LogP contribution in [0.5, 0.6) is 0 Å². The summed E-state index contributed by atoms with van der Waals surface area (Å²) < 4.78 is 0. The molecule has 102 valence electrons. The molecule has 1 aromatic rings. The van der Waals surface area contributed by atoms with Gasteiger partial charge in [-0.15, -0.1) is 0 Å². The van der Waals surface area contributed by atoms with E-state index >= 15 is 0 Å². The predicted octanol–water partition coefficient (Wildman–Crippen LogP) is 2.21. The molecular weight excluding hydrogens is 266 g/mol. The number of amides is 1. The Morgan fingerprint density at radius 3 is 2.58 bits per heavy atom. The molecule has 2 rings (SSSR count). The van der Waals surface area contributed by atoms with Crippen LogP contribution in [0.15, 0.2) is 24.3 Å². The second kappa shape index (κ2) is 6.06. The number of rotatable bonds is 3. The summed E-state index contributed by atoms with van der Waals surface area (Å²) in [7, 11) is 0. The minimum atomic E-state index is -0.762. The van der Waals surface area contributed by atoms with Crippen LogP contribution in [0.4, 0.5) is 0 Å². The van der Waals surface area contributed by atoms with E-state index in [1.807, 2.05) is 12.1 Å². The van der Waals surface area contributed by atoms with E-state index in [-0.39, 0.29) is 11.8 Å². The molecule has 0 aliphatic carbocycles. The fraction of sp³-hybridized carbons (Fsp3) is 0.429. The Bertz CT molecular complexity index is 481. The highest BCUT2D eigenvalue weighted by Gasteiger charge is 2.26. The molecule has 1 amide bonds. The predicted molar refractivity (Wildman–Crippen MR) is 72.1 cm³/mol. The van der Waals surface area contributed by atoms with Gasteiger partial charge in [0, 0.05) is 18.1 Å². The van der Waals surface area contributed by atoms with Crippen LogP contribution in [0.3, 0.4) is 0 Å². The fourth-order valence-corrected chi connectivity index (χ4v) is 2.52. The van der Waals surface area contributed by atoms with Gasteiger partial charge in [0.15, 0.2) is 0 Å². The topological polar surface area (TPSA) is 57.6 Å². The number of halogens is 1. The van der Waals surface area contributed by atoms with Crippen molar-refractivity contribution in [1.29, 1.82) is 0 Å². The van der Waals surface area contributed by atoms with Crippen molar-refractivity contribution in [1.82, 2.24) is 4.90 Å². The molecule has 0 spiro atoms. The smallest absolute Gasteiger partial charge is 0.306 e. The monoisotopic (exact) mass is 281 g/mol. The van der Waals surface area contributed by atoms with Crippen molar-refractivity contribution < 1.29 is 14.7 Å². The van der Waals surface area contributed by atoms with Crippen LogP contribution in [0.1, 0.15) is 18.4 Å². The van der Waals surface area contributed by atoms with E-state index in [0.29, 0.717) is 37.4 Å².